The molecule has 0 saturated carbocycles. The molecule has 1 unspecified atom stereocenters. The first-order valence-corrected chi connectivity index (χ1v) is 9.06. The summed E-state index contributed by atoms with van der Waals surface area (Å²) in [7, 11) is 2.00. The molecule has 0 fully saturated rings. The zero-order chi connectivity index (χ0) is 19.2. The summed E-state index contributed by atoms with van der Waals surface area (Å²) in [6.07, 6.45) is 15.1. The molecule has 1 atom stereocenters. The predicted molar refractivity (Wildman–Crippen MR) is 108 cm³/mol. The molecule has 6 heteroatoms. The summed E-state index contributed by atoms with van der Waals surface area (Å²) in [5.74, 6) is 0.931. The van der Waals surface area contributed by atoms with Crippen molar-refractivity contribution < 1.29 is 0 Å². The SMILES string of the molecule is CN(c1cccnc1)c1ncccc1CC(c1cccnc1)c1cnccn1. The van der Waals surface area contributed by atoms with Gasteiger partial charge in [-0.15, -0.1) is 0 Å². The van der Waals surface area contributed by atoms with E-state index in [-0.39, 0.29) is 5.92 Å². The number of anilines is 2. The fraction of sp³-hybridized carbons (Fsp3) is 0.136. The Kier molecular flexibility index (Phi) is 5.29. The first-order chi connectivity index (χ1) is 13.8. The third-order valence-electron chi connectivity index (χ3n) is 4.67. The lowest BCUT2D eigenvalue weighted by atomic mass is 9.90. The van der Waals surface area contributed by atoms with Crippen LogP contribution in [0.3, 0.4) is 0 Å². The van der Waals surface area contributed by atoms with Crippen molar-refractivity contribution in [3.63, 3.8) is 0 Å². The summed E-state index contributed by atoms with van der Waals surface area (Å²) >= 11 is 0. The lowest BCUT2D eigenvalue weighted by molar-refractivity contribution is 0.758. The van der Waals surface area contributed by atoms with E-state index >= 15 is 0 Å². The molecule has 0 aliphatic heterocycles. The Morgan fingerprint density at radius 2 is 1.57 bits per heavy atom. The molecule has 0 N–H and O–H groups in total. The van der Waals surface area contributed by atoms with Crippen molar-refractivity contribution in [3.8, 4) is 0 Å². The van der Waals surface area contributed by atoms with Gasteiger partial charge in [-0.05, 0) is 41.8 Å². The topological polar surface area (TPSA) is 67.7 Å². The van der Waals surface area contributed by atoms with Crippen molar-refractivity contribution in [3.05, 3.63) is 103 Å². The minimum absolute atomic E-state index is 0.0349. The Labute approximate surface area is 164 Å². The van der Waals surface area contributed by atoms with Crippen molar-refractivity contribution in [1.82, 2.24) is 24.9 Å². The van der Waals surface area contributed by atoms with E-state index < -0.39 is 0 Å². The van der Waals surface area contributed by atoms with Gasteiger partial charge in [0.05, 0.1) is 17.6 Å². The van der Waals surface area contributed by atoms with Crippen molar-refractivity contribution in [1.29, 1.82) is 0 Å². The van der Waals surface area contributed by atoms with Crippen LogP contribution < -0.4 is 4.90 Å². The number of hydrogen-bond donors (Lipinski definition) is 0. The maximum absolute atomic E-state index is 4.64. The number of rotatable bonds is 6. The summed E-state index contributed by atoms with van der Waals surface area (Å²) in [6, 6.07) is 12.0. The van der Waals surface area contributed by atoms with Crippen LogP contribution in [0.4, 0.5) is 11.5 Å². The second-order valence-electron chi connectivity index (χ2n) is 6.43. The van der Waals surface area contributed by atoms with Crippen LogP contribution in [0.2, 0.25) is 0 Å². The molecule has 138 valence electrons. The Morgan fingerprint density at radius 1 is 0.786 bits per heavy atom. The molecular weight excluding hydrogens is 348 g/mol. The molecule has 0 aliphatic rings. The minimum Gasteiger partial charge on any atom is -0.328 e. The Morgan fingerprint density at radius 3 is 2.29 bits per heavy atom. The molecule has 0 aliphatic carbocycles. The second kappa shape index (κ2) is 8.35. The van der Waals surface area contributed by atoms with Gasteiger partial charge >= 0.3 is 0 Å². The molecule has 0 bridgehead atoms. The zero-order valence-corrected chi connectivity index (χ0v) is 15.6. The molecular formula is C22H20N6. The van der Waals surface area contributed by atoms with Crippen LogP contribution in [-0.4, -0.2) is 32.0 Å². The van der Waals surface area contributed by atoms with Crippen molar-refractivity contribution >= 4 is 11.5 Å². The number of nitrogens with zero attached hydrogens (tertiary/aromatic N) is 6. The van der Waals surface area contributed by atoms with E-state index in [0.29, 0.717) is 0 Å². The molecule has 4 rings (SSSR count). The fourth-order valence-electron chi connectivity index (χ4n) is 3.25. The summed E-state index contributed by atoms with van der Waals surface area (Å²) in [5.41, 5.74) is 4.12. The van der Waals surface area contributed by atoms with Gasteiger partial charge in [0.15, 0.2) is 0 Å². The fourth-order valence-corrected chi connectivity index (χ4v) is 3.25. The molecule has 4 heterocycles. The lowest BCUT2D eigenvalue weighted by Gasteiger charge is -2.23. The maximum atomic E-state index is 4.64. The predicted octanol–water partition coefficient (Wildman–Crippen LogP) is 3.80. The van der Waals surface area contributed by atoms with Gasteiger partial charge in [0.2, 0.25) is 0 Å². The first kappa shape index (κ1) is 17.7. The van der Waals surface area contributed by atoms with Crippen LogP contribution in [0.15, 0.2) is 86.0 Å². The number of hydrogen-bond acceptors (Lipinski definition) is 6. The van der Waals surface area contributed by atoms with Crippen LogP contribution in [0.5, 0.6) is 0 Å². The van der Waals surface area contributed by atoms with Gasteiger partial charge in [0.25, 0.3) is 0 Å². The monoisotopic (exact) mass is 368 g/mol. The van der Waals surface area contributed by atoms with Gasteiger partial charge in [-0.1, -0.05) is 12.1 Å². The summed E-state index contributed by atoms with van der Waals surface area (Å²) in [5, 5.41) is 0. The normalized spacial score (nSPS) is 11.8. The third kappa shape index (κ3) is 3.86. The quantitative estimate of drug-likeness (QED) is 0.516. The van der Waals surface area contributed by atoms with Gasteiger partial charge in [-0.3, -0.25) is 19.9 Å². The van der Waals surface area contributed by atoms with Crippen LogP contribution in [-0.2, 0) is 6.42 Å². The Hall–Kier alpha value is -3.67. The van der Waals surface area contributed by atoms with Gasteiger partial charge in [0.1, 0.15) is 5.82 Å². The molecule has 0 saturated heterocycles. The summed E-state index contributed by atoms with van der Waals surface area (Å²) in [4.78, 5) is 24.0. The molecule has 0 aromatic carbocycles. The Bertz CT molecular complexity index is 969. The lowest BCUT2D eigenvalue weighted by Crippen LogP contribution is -2.16. The smallest absolute Gasteiger partial charge is 0.135 e. The average molecular weight is 368 g/mol. The van der Waals surface area contributed by atoms with Crippen LogP contribution in [0.1, 0.15) is 22.7 Å². The van der Waals surface area contributed by atoms with Gasteiger partial charge in [0, 0.05) is 56.3 Å². The molecule has 6 nitrogen and oxygen atoms in total. The zero-order valence-electron chi connectivity index (χ0n) is 15.6. The van der Waals surface area contributed by atoms with E-state index in [1.165, 1.54) is 0 Å². The second-order valence-corrected chi connectivity index (χ2v) is 6.43. The standard InChI is InChI=1S/C22H20N6/c1-28(19-7-4-9-24-15-19)22-17(5-3-10-27-22)13-20(18-6-2-8-23-14-18)21-16-25-11-12-26-21/h2-12,14-16,20H,13H2,1H3. The molecule has 4 aromatic heterocycles. The minimum atomic E-state index is 0.0349. The largest absolute Gasteiger partial charge is 0.328 e. The maximum Gasteiger partial charge on any atom is 0.135 e. The van der Waals surface area contributed by atoms with Gasteiger partial charge in [-0.2, -0.15) is 0 Å². The Balaban J connectivity index is 1.72. The average Bonchev–Trinajstić information content (AvgIpc) is 2.79. The highest BCUT2D eigenvalue weighted by atomic mass is 15.2. The summed E-state index contributed by atoms with van der Waals surface area (Å²) in [6.45, 7) is 0. The highest BCUT2D eigenvalue weighted by Crippen LogP contribution is 2.31. The van der Waals surface area contributed by atoms with E-state index in [4.69, 9.17) is 0 Å². The highest BCUT2D eigenvalue weighted by Gasteiger charge is 2.20. The van der Waals surface area contributed by atoms with E-state index in [9.17, 15) is 0 Å². The summed E-state index contributed by atoms with van der Waals surface area (Å²) < 4.78 is 0. The molecule has 0 amide bonds. The first-order valence-electron chi connectivity index (χ1n) is 9.06. The van der Waals surface area contributed by atoms with Gasteiger partial charge < -0.3 is 4.90 Å². The molecule has 0 radical (unpaired) electrons. The van der Waals surface area contributed by atoms with Crippen LogP contribution in [0, 0.1) is 0 Å². The van der Waals surface area contributed by atoms with Crippen LogP contribution >= 0.6 is 0 Å². The van der Waals surface area contributed by atoms with Crippen molar-refractivity contribution in [2.24, 2.45) is 0 Å². The molecule has 4 aromatic rings. The highest BCUT2D eigenvalue weighted by molar-refractivity contribution is 5.61. The van der Waals surface area contributed by atoms with Crippen molar-refractivity contribution in [2.75, 3.05) is 11.9 Å². The number of pyridine rings is 3. The van der Waals surface area contributed by atoms with E-state index in [2.05, 4.69) is 42.0 Å². The van der Waals surface area contributed by atoms with Crippen molar-refractivity contribution in [2.45, 2.75) is 12.3 Å². The van der Waals surface area contributed by atoms with E-state index in [0.717, 1.165) is 34.7 Å². The molecule has 28 heavy (non-hydrogen) atoms. The van der Waals surface area contributed by atoms with Crippen LogP contribution in [0.25, 0.3) is 0 Å². The van der Waals surface area contributed by atoms with E-state index in [1.54, 1.807) is 24.8 Å². The van der Waals surface area contributed by atoms with Gasteiger partial charge in [-0.25, -0.2) is 4.98 Å². The number of aromatic nitrogens is 5. The van der Waals surface area contributed by atoms with E-state index in [1.807, 2.05) is 56.1 Å². The molecule has 0 spiro atoms. The third-order valence-corrected chi connectivity index (χ3v) is 4.67.